The molecule has 3 nitrogen and oxygen atoms in total. The second kappa shape index (κ2) is 6.28. The molecule has 1 aromatic carbocycles. The standard InChI is InChI=1S/C13H18O3/c1-3-16-13(15)8-10(2)12-6-4-11(9-14)5-7-12/h4-7,10,14H,3,8-9H2,1-2H3. The van der Waals surface area contributed by atoms with Crippen molar-refractivity contribution in [2.75, 3.05) is 6.61 Å². The Balaban J connectivity index is 2.58. The Morgan fingerprint density at radius 1 is 1.38 bits per heavy atom. The molecule has 0 heterocycles. The topological polar surface area (TPSA) is 46.5 Å². The minimum Gasteiger partial charge on any atom is -0.466 e. The van der Waals surface area contributed by atoms with Gasteiger partial charge >= 0.3 is 5.97 Å². The lowest BCUT2D eigenvalue weighted by molar-refractivity contribution is -0.143. The summed E-state index contributed by atoms with van der Waals surface area (Å²) in [6.45, 7) is 4.27. The average molecular weight is 222 g/mol. The third kappa shape index (κ3) is 3.66. The first-order chi connectivity index (χ1) is 7.67. The number of aliphatic hydroxyl groups is 1. The van der Waals surface area contributed by atoms with Crippen LogP contribution < -0.4 is 0 Å². The van der Waals surface area contributed by atoms with Crippen molar-refractivity contribution < 1.29 is 14.6 Å². The van der Waals surface area contributed by atoms with Gasteiger partial charge in [0.05, 0.1) is 19.6 Å². The smallest absolute Gasteiger partial charge is 0.306 e. The third-order valence-corrected chi connectivity index (χ3v) is 2.51. The second-order valence-corrected chi connectivity index (χ2v) is 3.81. The van der Waals surface area contributed by atoms with E-state index in [1.54, 1.807) is 6.92 Å². The van der Waals surface area contributed by atoms with Gasteiger partial charge in [0, 0.05) is 0 Å². The summed E-state index contributed by atoms with van der Waals surface area (Å²) >= 11 is 0. The SMILES string of the molecule is CCOC(=O)CC(C)c1ccc(CO)cc1. The summed E-state index contributed by atoms with van der Waals surface area (Å²) in [5, 5.41) is 8.91. The maximum absolute atomic E-state index is 11.3. The summed E-state index contributed by atoms with van der Waals surface area (Å²) in [6, 6.07) is 7.62. The predicted molar refractivity (Wildman–Crippen MR) is 62.0 cm³/mol. The van der Waals surface area contributed by atoms with Crippen LogP contribution in [0, 0.1) is 0 Å². The van der Waals surface area contributed by atoms with Gasteiger partial charge in [-0.3, -0.25) is 4.79 Å². The summed E-state index contributed by atoms with van der Waals surface area (Å²) in [6.07, 6.45) is 0.395. The summed E-state index contributed by atoms with van der Waals surface area (Å²) in [5.74, 6) is -0.0203. The summed E-state index contributed by atoms with van der Waals surface area (Å²) in [4.78, 5) is 11.3. The largest absolute Gasteiger partial charge is 0.466 e. The fourth-order valence-electron chi connectivity index (χ4n) is 1.54. The molecule has 16 heavy (non-hydrogen) atoms. The van der Waals surface area contributed by atoms with E-state index in [9.17, 15) is 4.79 Å². The van der Waals surface area contributed by atoms with Gasteiger partial charge in [-0.25, -0.2) is 0 Å². The minimum atomic E-state index is -0.166. The molecular weight excluding hydrogens is 204 g/mol. The molecule has 88 valence electrons. The summed E-state index contributed by atoms with van der Waals surface area (Å²) in [7, 11) is 0. The number of esters is 1. The van der Waals surface area contributed by atoms with E-state index in [0.29, 0.717) is 13.0 Å². The molecule has 1 N–H and O–H groups in total. The van der Waals surface area contributed by atoms with Crippen molar-refractivity contribution in [2.45, 2.75) is 32.8 Å². The number of carbonyl (C=O) groups excluding carboxylic acids is 1. The average Bonchev–Trinajstić information content (AvgIpc) is 2.29. The van der Waals surface area contributed by atoms with E-state index in [2.05, 4.69) is 0 Å². The van der Waals surface area contributed by atoms with E-state index in [0.717, 1.165) is 11.1 Å². The van der Waals surface area contributed by atoms with Gasteiger partial charge in [-0.15, -0.1) is 0 Å². The van der Waals surface area contributed by atoms with Crippen LogP contribution in [0.4, 0.5) is 0 Å². The number of rotatable bonds is 5. The van der Waals surface area contributed by atoms with Crippen molar-refractivity contribution in [3.8, 4) is 0 Å². The van der Waals surface area contributed by atoms with Crippen LogP contribution in [0.2, 0.25) is 0 Å². The number of hydrogen-bond acceptors (Lipinski definition) is 3. The Morgan fingerprint density at radius 2 is 2.00 bits per heavy atom. The Labute approximate surface area is 96.1 Å². The Bertz CT molecular complexity index is 330. The van der Waals surface area contributed by atoms with Crippen LogP contribution in [0.25, 0.3) is 0 Å². The molecule has 0 radical (unpaired) electrons. The number of aliphatic hydroxyl groups excluding tert-OH is 1. The molecule has 1 aromatic rings. The van der Waals surface area contributed by atoms with E-state index < -0.39 is 0 Å². The maximum atomic E-state index is 11.3. The second-order valence-electron chi connectivity index (χ2n) is 3.81. The molecule has 0 aliphatic carbocycles. The van der Waals surface area contributed by atoms with Crippen LogP contribution in [-0.2, 0) is 16.1 Å². The van der Waals surface area contributed by atoms with Gasteiger partial charge in [0.25, 0.3) is 0 Å². The zero-order valence-electron chi connectivity index (χ0n) is 9.77. The monoisotopic (exact) mass is 222 g/mol. The first-order valence-electron chi connectivity index (χ1n) is 5.52. The maximum Gasteiger partial charge on any atom is 0.306 e. The van der Waals surface area contributed by atoms with Crippen LogP contribution in [0.15, 0.2) is 24.3 Å². The molecule has 0 fully saturated rings. The van der Waals surface area contributed by atoms with Crippen LogP contribution in [0.5, 0.6) is 0 Å². The first-order valence-corrected chi connectivity index (χ1v) is 5.52. The van der Waals surface area contributed by atoms with E-state index >= 15 is 0 Å². The molecule has 3 heteroatoms. The van der Waals surface area contributed by atoms with Crippen molar-refractivity contribution in [2.24, 2.45) is 0 Å². The van der Waals surface area contributed by atoms with Crippen molar-refractivity contribution in [1.29, 1.82) is 0 Å². The Hall–Kier alpha value is -1.35. The summed E-state index contributed by atoms with van der Waals surface area (Å²) in [5.41, 5.74) is 1.97. The molecule has 1 unspecified atom stereocenters. The number of hydrogen-bond donors (Lipinski definition) is 1. The highest BCUT2D eigenvalue weighted by Crippen LogP contribution is 2.19. The zero-order chi connectivity index (χ0) is 12.0. The molecule has 0 aromatic heterocycles. The van der Waals surface area contributed by atoms with Crippen molar-refractivity contribution in [3.63, 3.8) is 0 Å². The molecule has 0 saturated carbocycles. The fraction of sp³-hybridized carbons (Fsp3) is 0.462. The van der Waals surface area contributed by atoms with Crippen LogP contribution in [0.3, 0.4) is 0 Å². The number of benzene rings is 1. The van der Waals surface area contributed by atoms with E-state index in [-0.39, 0.29) is 18.5 Å². The normalized spacial score (nSPS) is 12.2. The minimum absolute atomic E-state index is 0.0482. The fourth-order valence-corrected chi connectivity index (χ4v) is 1.54. The number of carbonyl (C=O) groups is 1. The number of ether oxygens (including phenoxy) is 1. The predicted octanol–water partition coefficient (Wildman–Crippen LogP) is 2.24. The lowest BCUT2D eigenvalue weighted by Gasteiger charge is -2.11. The molecule has 0 aliphatic rings. The van der Waals surface area contributed by atoms with Gasteiger partial charge in [-0.05, 0) is 24.0 Å². The van der Waals surface area contributed by atoms with Crippen molar-refractivity contribution in [1.82, 2.24) is 0 Å². The molecule has 0 amide bonds. The molecule has 1 rings (SSSR count). The van der Waals surface area contributed by atoms with E-state index in [1.807, 2.05) is 31.2 Å². The van der Waals surface area contributed by atoms with E-state index in [1.165, 1.54) is 0 Å². The van der Waals surface area contributed by atoms with Gasteiger partial charge in [-0.1, -0.05) is 31.2 Å². The van der Waals surface area contributed by atoms with Crippen LogP contribution in [-0.4, -0.2) is 17.7 Å². The highest BCUT2D eigenvalue weighted by Gasteiger charge is 2.11. The molecule has 0 bridgehead atoms. The lowest BCUT2D eigenvalue weighted by atomic mass is 9.97. The quantitative estimate of drug-likeness (QED) is 0.777. The highest BCUT2D eigenvalue weighted by atomic mass is 16.5. The van der Waals surface area contributed by atoms with E-state index in [4.69, 9.17) is 9.84 Å². The molecule has 1 atom stereocenters. The zero-order valence-corrected chi connectivity index (χ0v) is 9.77. The van der Waals surface area contributed by atoms with Crippen LogP contribution >= 0.6 is 0 Å². The van der Waals surface area contributed by atoms with Crippen LogP contribution in [0.1, 0.15) is 37.3 Å². The first kappa shape index (κ1) is 12.7. The Morgan fingerprint density at radius 3 is 2.50 bits per heavy atom. The van der Waals surface area contributed by atoms with Gasteiger partial charge < -0.3 is 9.84 Å². The van der Waals surface area contributed by atoms with Crippen molar-refractivity contribution >= 4 is 5.97 Å². The summed E-state index contributed by atoms with van der Waals surface area (Å²) < 4.78 is 4.90. The molecule has 0 spiro atoms. The molecule has 0 saturated heterocycles. The van der Waals surface area contributed by atoms with Crippen molar-refractivity contribution in [3.05, 3.63) is 35.4 Å². The lowest BCUT2D eigenvalue weighted by Crippen LogP contribution is -2.08. The third-order valence-electron chi connectivity index (χ3n) is 2.51. The molecular formula is C13H18O3. The van der Waals surface area contributed by atoms with Gasteiger partial charge in [0.15, 0.2) is 0 Å². The Kier molecular flexibility index (Phi) is 4.99. The van der Waals surface area contributed by atoms with Gasteiger partial charge in [0.1, 0.15) is 0 Å². The highest BCUT2D eigenvalue weighted by molar-refractivity contribution is 5.70. The molecule has 0 aliphatic heterocycles. The van der Waals surface area contributed by atoms with Gasteiger partial charge in [-0.2, -0.15) is 0 Å². The van der Waals surface area contributed by atoms with Gasteiger partial charge in [0.2, 0.25) is 0 Å².